The van der Waals surface area contributed by atoms with Crippen LogP contribution in [0.15, 0.2) is 0 Å². The van der Waals surface area contributed by atoms with E-state index in [9.17, 15) is 8.42 Å². The first-order valence-electron chi connectivity index (χ1n) is 4.99. The molecule has 1 saturated carbocycles. The van der Waals surface area contributed by atoms with E-state index in [4.69, 9.17) is 0 Å². The molecule has 0 radical (unpaired) electrons. The molecule has 3 nitrogen and oxygen atoms in total. The first-order chi connectivity index (χ1) is 6.53. The van der Waals surface area contributed by atoms with Gasteiger partial charge in [-0.25, -0.2) is 8.42 Å². The van der Waals surface area contributed by atoms with Crippen LogP contribution in [0.25, 0.3) is 0 Å². The van der Waals surface area contributed by atoms with E-state index in [1.54, 1.807) is 11.8 Å². The average Bonchev–Trinajstić information content (AvgIpc) is 2.49. The summed E-state index contributed by atoms with van der Waals surface area (Å²) in [4.78, 5) is 0. The van der Waals surface area contributed by atoms with Gasteiger partial charge in [-0.3, -0.25) is 0 Å². The minimum Gasteiger partial charge on any atom is -0.316 e. The first-order valence-corrected chi connectivity index (χ1v) is 8.10. The third-order valence-electron chi connectivity index (χ3n) is 2.61. The van der Waals surface area contributed by atoms with E-state index in [1.165, 1.54) is 25.5 Å². The van der Waals surface area contributed by atoms with E-state index < -0.39 is 9.84 Å². The molecular formula is C9H19NO2S2. The van der Waals surface area contributed by atoms with E-state index in [-0.39, 0.29) is 0 Å². The van der Waals surface area contributed by atoms with Gasteiger partial charge in [0.1, 0.15) is 9.84 Å². The van der Waals surface area contributed by atoms with Gasteiger partial charge in [0, 0.05) is 23.3 Å². The number of nitrogens with one attached hydrogen (secondary N) is 1. The second-order valence-electron chi connectivity index (χ2n) is 3.87. The van der Waals surface area contributed by atoms with Crippen LogP contribution in [-0.4, -0.2) is 44.5 Å². The van der Waals surface area contributed by atoms with Crippen LogP contribution in [0.2, 0.25) is 0 Å². The maximum atomic E-state index is 10.9. The zero-order valence-corrected chi connectivity index (χ0v) is 10.5. The predicted octanol–water partition coefficient (Wildman–Crippen LogP) is 0.905. The molecule has 0 bridgehead atoms. The molecule has 1 N–H and O–H groups in total. The topological polar surface area (TPSA) is 46.2 Å². The van der Waals surface area contributed by atoms with Gasteiger partial charge in [0.05, 0.1) is 5.75 Å². The highest BCUT2D eigenvalue weighted by atomic mass is 32.2. The summed E-state index contributed by atoms with van der Waals surface area (Å²) in [6, 6.07) is 0.583. The van der Waals surface area contributed by atoms with Crippen LogP contribution < -0.4 is 5.32 Å². The molecule has 0 aromatic rings. The van der Waals surface area contributed by atoms with Gasteiger partial charge in [0.2, 0.25) is 0 Å². The molecule has 2 atom stereocenters. The Morgan fingerprint density at radius 1 is 1.43 bits per heavy atom. The SMILES string of the molecule is CNC1CCCC1SCCS(C)(=O)=O. The van der Waals surface area contributed by atoms with Crippen molar-refractivity contribution in [3.63, 3.8) is 0 Å². The normalized spacial score (nSPS) is 28.1. The average molecular weight is 237 g/mol. The molecule has 0 spiro atoms. The van der Waals surface area contributed by atoms with Crippen molar-refractivity contribution in [2.45, 2.75) is 30.6 Å². The van der Waals surface area contributed by atoms with Gasteiger partial charge in [-0.05, 0) is 19.9 Å². The van der Waals surface area contributed by atoms with Crippen LogP contribution in [0, 0.1) is 0 Å². The molecule has 0 aliphatic heterocycles. The Labute approximate surface area is 91.0 Å². The van der Waals surface area contributed by atoms with Gasteiger partial charge < -0.3 is 5.32 Å². The molecule has 2 unspecified atom stereocenters. The maximum absolute atomic E-state index is 10.9. The molecule has 0 aromatic carbocycles. The molecule has 1 rings (SSSR count). The largest absolute Gasteiger partial charge is 0.316 e. The molecule has 14 heavy (non-hydrogen) atoms. The standard InChI is InChI=1S/C9H19NO2S2/c1-10-8-4-3-5-9(8)13-6-7-14(2,11)12/h8-10H,3-7H2,1-2H3. The van der Waals surface area contributed by atoms with Crippen molar-refractivity contribution < 1.29 is 8.42 Å². The van der Waals surface area contributed by atoms with Crippen molar-refractivity contribution in [1.82, 2.24) is 5.32 Å². The van der Waals surface area contributed by atoms with E-state index in [0.29, 0.717) is 17.0 Å². The van der Waals surface area contributed by atoms with Crippen LogP contribution in [-0.2, 0) is 9.84 Å². The van der Waals surface area contributed by atoms with Crippen LogP contribution in [0.3, 0.4) is 0 Å². The Morgan fingerprint density at radius 2 is 2.14 bits per heavy atom. The molecule has 0 amide bonds. The van der Waals surface area contributed by atoms with E-state index >= 15 is 0 Å². The minimum atomic E-state index is -2.78. The summed E-state index contributed by atoms with van der Waals surface area (Å²) in [5.74, 6) is 1.05. The Kier molecular flexibility index (Phi) is 4.73. The Morgan fingerprint density at radius 3 is 2.71 bits per heavy atom. The monoisotopic (exact) mass is 237 g/mol. The molecule has 0 aromatic heterocycles. The van der Waals surface area contributed by atoms with Crippen molar-refractivity contribution >= 4 is 21.6 Å². The molecule has 5 heteroatoms. The van der Waals surface area contributed by atoms with Crippen LogP contribution in [0.5, 0.6) is 0 Å². The fourth-order valence-electron chi connectivity index (χ4n) is 1.81. The molecule has 0 saturated heterocycles. The highest BCUT2D eigenvalue weighted by Crippen LogP contribution is 2.29. The number of rotatable bonds is 5. The van der Waals surface area contributed by atoms with Crippen molar-refractivity contribution in [2.24, 2.45) is 0 Å². The highest BCUT2D eigenvalue weighted by molar-refractivity contribution is 8.01. The minimum absolute atomic E-state index is 0.310. The van der Waals surface area contributed by atoms with Crippen molar-refractivity contribution in [2.75, 3.05) is 24.8 Å². The van der Waals surface area contributed by atoms with Crippen molar-refractivity contribution in [1.29, 1.82) is 0 Å². The lowest BCUT2D eigenvalue weighted by Gasteiger charge is -2.17. The van der Waals surface area contributed by atoms with Crippen LogP contribution >= 0.6 is 11.8 Å². The van der Waals surface area contributed by atoms with Crippen molar-refractivity contribution in [3.8, 4) is 0 Å². The third kappa shape index (κ3) is 4.19. The number of hydrogen-bond donors (Lipinski definition) is 1. The van der Waals surface area contributed by atoms with Crippen molar-refractivity contribution in [3.05, 3.63) is 0 Å². The lowest BCUT2D eigenvalue weighted by molar-refractivity contribution is 0.591. The Balaban J connectivity index is 2.24. The molecule has 84 valence electrons. The van der Waals surface area contributed by atoms with E-state index in [1.807, 2.05) is 7.05 Å². The predicted molar refractivity (Wildman–Crippen MR) is 62.7 cm³/mol. The van der Waals surface area contributed by atoms with E-state index in [2.05, 4.69) is 5.32 Å². The number of hydrogen-bond acceptors (Lipinski definition) is 4. The zero-order valence-electron chi connectivity index (χ0n) is 8.82. The second kappa shape index (κ2) is 5.37. The number of sulfone groups is 1. The van der Waals surface area contributed by atoms with Gasteiger partial charge in [-0.15, -0.1) is 0 Å². The van der Waals surface area contributed by atoms with Gasteiger partial charge >= 0.3 is 0 Å². The van der Waals surface area contributed by atoms with Gasteiger partial charge in [-0.2, -0.15) is 11.8 Å². The Hall–Kier alpha value is 0.260. The van der Waals surface area contributed by atoms with Crippen LogP contribution in [0.1, 0.15) is 19.3 Å². The van der Waals surface area contributed by atoms with Gasteiger partial charge in [0.15, 0.2) is 0 Å². The summed E-state index contributed by atoms with van der Waals surface area (Å²) < 4.78 is 21.9. The smallest absolute Gasteiger partial charge is 0.148 e. The van der Waals surface area contributed by atoms with Crippen LogP contribution in [0.4, 0.5) is 0 Å². The fraction of sp³-hybridized carbons (Fsp3) is 1.00. The summed E-state index contributed by atoms with van der Waals surface area (Å²) in [7, 11) is -0.795. The Bertz CT molecular complexity index is 264. The number of thioether (sulfide) groups is 1. The summed E-state index contributed by atoms with van der Waals surface area (Å²) in [6.45, 7) is 0. The maximum Gasteiger partial charge on any atom is 0.148 e. The second-order valence-corrected chi connectivity index (χ2v) is 7.47. The molecule has 0 heterocycles. The fourth-order valence-corrected chi connectivity index (χ4v) is 4.54. The summed E-state index contributed by atoms with van der Waals surface area (Å²) >= 11 is 1.80. The summed E-state index contributed by atoms with van der Waals surface area (Å²) in [5, 5.41) is 3.90. The molecule has 1 fully saturated rings. The molecular weight excluding hydrogens is 218 g/mol. The third-order valence-corrected chi connectivity index (χ3v) is 5.25. The zero-order chi connectivity index (χ0) is 10.6. The van der Waals surface area contributed by atoms with Gasteiger partial charge in [-0.1, -0.05) is 6.42 Å². The lowest BCUT2D eigenvalue weighted by Crippen LogP contribution is -2.31. The summed E-state index contributed by atoms with van der Waals surface area (Å²) in [6.07, 6.45) is 5.02. The molecule has 1 aliphatic rings. The molecule has 1 aliphatic carbocycles. The van der Waals surface area contributed by atoms with Gasteiger partial charge in [0.25, 0.3) is 0 Å². The lowest BCUT2D eigenvalue weighted by atomic mass is 10.2. The summed E-state index contributed by atoms with van der Waals surface area (Å²) in [5.41, 5.74) is 0. The highest BCUT2D eigenvalue weighted by Gasteiger charge is 2.25. The van der Waals surface area contributed by atoms with E-state index in [0.717, 1.165) is 5.75 Å². The quantitative estimate of drug-likeness (QED) is 0.772. The first kappa shape index (κ1) is 12.3.